The summed E-state index contributed by atoms with van der Waals surface area (Å²) < 4.78 is 0. The molecule has 1 aromatic rings. The third kappa shape index (κ3) is 4.76. The first-order chi connectivity index (χ1) is 10.1. The molecule has 0 aliphatic carbocycles. The molecule has 0 atom stereocenters. The van der Waals surface area contributed by atoms with Crippen molar-refractivity contribution in [1.82, 2.24) is 5.32 Å². The highest BCUT2D eigenvalue weighted by molar-refractivity contribution is 5.77. The van der Waals surface area contributed by atoms with Gasteiger partial charge in [0, 0.05) is 13.2 Å². The lowest BCUT2D eigenvalue weighted by atomic mass is 9.78. The van der Waals surface area contributed by atoms with Crippen molar-refractivity contribution in [3.05, 3.63) is 53.2 Å². The van der Waals surface area contributed by atoms with E-state index in [1.165, 1.54) is 22.3 Å². The fraction of sp³-hybridized carbons (Fsp3) is 0.524. The Hall–Kier alpha value is -1.50. The van der Waals surface area contributed by atoms with E-state index in [0.29, 0.717) is 0 Å². The van der Waals surface area contributed by atoms with Crippen LogP contribution in [0.2, 0.25) is 0 Å². The van der Waals surface area contributed by atoms with Gasteiger partial charge in [-0.1, -0.05) is 78.8 Å². The van der Waals surface area contributed by atoms with Crippen molar-refractivity contribution in [2.75, 3.05) is 7.05 Å². The van der Waals surface area contributed by atoms with Crippen molar-refractivity contribution < 1.29 is 0 Å². The molecule has 1 nitrogen and oxygen atoms in total. The second kappa shape index (κ2) is 7.17. The van der Waals surface area contributed by atoms with Gasteiger partial charge in [-0.05, 0) is 39.5 Å². The van der Waals surface area contributed by atoms with E-state index in [9.17, 15) is 0 Å². The minimum Gasteiger partial charge on any atom is -0.393 e. The maximum absolute atomic E-state index is 3.20. The number of hydrogen-bond donors (Lipinski definition) is 1. The number of hydrogen-bond acceptors (Lipinski definition) is 1. The fourth-order valence-corrected chi connectivity index (χ4v) is 2.52. The molecular weight excluding hydrogens is 266 g/mol. The molecule has 0 saturated carbocycles. The predicted molar refractivity (Wildman–Crippen MR) is 100 cm³/mol. The van der Waals surface area contributed by atoms with Gasteiger partial charge in [0.2, 0.25) is 0 Å². The summed E-state index contributed by atoms with van der Waals surface area (Å²) in [6, 6.07) is 6.95. The standard InChI is InChI=1S/C21H33N/c1-9-10-11-16(15-22-8)18-14-17(20(2,3)4)12-13-19(18)21(5,6)7/h10-15,22H,9H2,1-8H3/b11-10-,16-15+. The van der Waals surface area contributed by atoms with Crippen molar-refractivity contribution in [3.8, 4) is 0 Å². The van der Waals surface area contributed by atoms with Gasteiger partial charge in [0.1, 0.15) is 0 Å². The molecule has 0 radical (unpaired) electrons. The van der Waals surface area contributed by atoms with Crippen LogP contribution in [0.1, 0.15) is 71.6 Å². The Morgan fingerprint density at radius 1 is 1.05 bits per heavy atom. The molecule has 0 heterocycles. The van der Waals surface area contributed by atoms with E-state index >= 15 is 0 Å². The molecule has 0 aliphatic rings. The molecule has 0 spiro atoms. The lowest BCUT2D eigenvalue weighted by molar-refractivity contribution is 0.575. The van der Waals surface area contributed by atoms with E-state index in [-0.39, 0.29) is 10.8 Å². The highest BCUT2D eigenvalue weighted by Crippen LogP contribution is 2.34. The third-order valence-corrected chi connectivity index (χ3v) is 3.84. The molecule has 1 rings (SSSR count). The summed E-state index contributed by atoms with van der Waals surface area (Å²) in [7, 11) is 1.96. The summed E-state index contributed by atoms with van der Waals surface area (Å²) >= 11 is 0. The zero-order chi connectivity index (χ0) is 17.0. The smallest absolute Gasteiger partial charge is 0.00412 e. The molecule has 22 heavy (non-hydrogen) atoms. The second-order valence-corrected chi connectivity index (χ2v) is 7.96. The summed E-state index contributed by atoms with van der Waals surface area (Å²) in [6.45, 7) is 15.8. The lowest BCUT2D eigenvalue weighted by Crippen LogP contribution is -2.17. The molecule has 0 bridgehead atoms. The van der Waals surface area contributed by atoms with E-state index in [2.05, 4.69) is 90.3 Å². The molecule has 1 N–H and O–H groups in total. The normalized spacial score (nSPS) is 13.7. The quantitative estimate of drug-likeness (QED) is 0.692. The van der Waals surface area contributed by atoms with Crippen LogP contribution < -0.4 is 5.32 Å². The summed E-state index contributed by atoms with van der Waals surface area (Å²) in [4.78, 5) is 0. The van der Waals surface area contributed by atoms with Gasteiger partial charge in [-0.15, -0.1) is 0 Å². The number of allylic oxidation sites excluding steroid dienone is 3. The zero-order valence-electron chi connectivity index (χ0n) is 15.7. The molecule has 0 aromatic heterocycles. The number of benzene rings is 1. The molecule has 1 heteroatoms. The number of nitrogens with one attached hydrogen (secondary N) is 1. The molecule has 0 aliphatic heterocycles. The Labute approximate surface area is 137 Å². The second-order valence-electron chi connectivity index (χ2n) is 7.96. The minimum absolute atomic E-state index is 0.124. The minimum atomic E-state index is 0.124. The predicted octanol–water partition coefficient (Wildman–Crippen LogP) is 5.81. The topological polar surface area (TPSA) is 12.0 Å². The van der Waals surface area contributed by atoms with Crippen LogP contribution in [0.4, 0.5) is 0 Å². The van der Waals surface area contributed by atoms with Crippen LogP contribution in [0.3, 0.4) is 0 Å². The maximum Gasteiger partial charge on any atom is 0.00412 e. The average Bonchev–Trinajstić information content (AvgIpc) is 2.41. The maximum atomic E-state index is 3.20. The fourth-order valence-electron chi connectivity index (χ4n) is 2.52. The summed E-state index contributed by atoms with van der Waals surface area (Å²) in [5, 5.41) is 3.20. The van der Waals surface area contributed by atoms with Crippen LogP contribution in [0, 0.1) is 0 Å². The van der Waals surface area contributed by atoms with Gasteiger partial charge < -0.3 is 5.32 Å². The number of rotatable bonds is 4. The lowest BCUT2D eigenvalue weighted by Gasteiger charge is -2.27. The van der Waals surface area contributed by atoms with Crippen molar-refractivity contribution in [2.45, 2.75) is 65.7 Å². The Morgan fingerprint density at radius 2 is 1.68 bits per heavy atom. The first-order valence-electron chi connectivity index (χ1n) is 8.30. The SMILES string of the molecule is CC/C=C\C(=C/NC)c1cc(C(C)(C)C)ccc1C(C)(C)C. The van der Waals surface area contributed by atoms with Gasteiger partial charge in [0.25, 0.3) is 0 Å². The van der Waals surface area contributed by atoms with Crippen LogP contribution in [-0.2, 0) is 10.8 Å². The molecule has 0 amide bonds. The summed E-state index contributed by atoms with van der Waals surface area (Å²) in [5.41, 5.74) is 5.63. The van der Waals surface area contributed by atoms with Crippen LogP contribution in [-0.4, -0.2) is 7.05 Å². The van der Waals surface area contributed by atoms with Crippen LogP contribution in [0.25, 0.3) is 5.57 Å². The largest absolute Gasteiger partial charge is 0.393 e. The van der Waals surface area contributed by atoms with E-state index in [4.69, 9.17) is 0 Å². The van der Waals surface area contributed by atoms with Gasteiger partial charge >= 0.3 is 0 Å². The Balaban J connectivity index is 3.57. The van der Waals surface area contributed by atoms with Crippen LogP contribution in [0.5, 0.6) is 0 Å². The van der Waals surface area contributed by atoms with E-state index in [1.807, 2.05) is 7.05 Å². The Kier molecular flexibility index (Phi) is 6.05. The Morgan fingerprint density at radius 3 is 2.14 bits per heavy atom. The van der Waals surface area contributed by atoms with Crippen LogP contribution in [0.15, 0.2) is 36.6 Å². The molecule has 0 fully saturated rings. The van der Waals surface area contributed by atoms with Gasteiger partial charge in [-0.3, -0.25) is 0 Å². The summed E-state index contributed by atoms with van der Waals surface area (Å²) in [6.07, 6.45) is 7.60. The molecular formula is C21H33N. The third-order valence-electron chi connectivity index (χ3n) is 3.84. The van der Waals surface area contributed by atoms with Crippen molar-refractivity contribution >= 4 is 5.57 Å². The molecule has 0 unspecified atom stereocenters. The summed E-state index contributed by atoms with van der Waals surface area (Å²) in [5.74, 6) is 0. The highest BCUT2D eigenvalue weighted by Gasteiger charge is 2.22. The monoisotopic (exact) mass is 299 g/mol. The molecule has 0 saturated heterocycles. The van der Waals surface area contributed by atoms with Gasteiger partial charge in [0.05, 0.1) is 0 Å². The van der Waals surface area contributed by atoms with E-state index in [0.717, 1.165) is 6.42 Å². The van der Waals surface area contributed by atoms with E-state index < -0.39 is 0 Å². The van der Waals surface area contributed by atoms with Gasteiger partial charge in [0.15, 0.2) is 0 Å². The first-order valence-corrected chi connectivity index (χ1v) is 8.30. The average molecular weight is 300 g/mol. The van der Waals surface area contributed by atoms with Crippen molar-refractivity contribution in [1.29, 1.82) is 0 Å². The van der Waals surface area contributed by atoms with E-state index in [1.54, 1.807) is 0 Å². The van der Waals surface area contributed by atoms with Crippen molar-refractivity contribution in [3.63, 3.8) is 0 Å². The van der Waals surface area contributed by atoms with Crippen LogP contribution >= 0.6 is 0 Å². The highest BCUT2D eigenvalue weighted by atomic mass is 14.8. The van der Waals surface area contributed by atoms with Crippen molar-refractivity contribution in [2.24, 2.45) is 0 Å². The van der Waals surface area contributed by atoms with Gasteiger partial charge in [-0.2, -0.15) is 0 Å². The first kappa shape index (κ1) is 18.5. The van der Waals surface area contributed by atoms with Gasteiger partial charge in [-0.25, -0.2) is 0 Å². The molecule has 122 valence electrons. The zero-order valence-corrected chi connectivity index (χ0v) is 15.7. The molecule has 1 aromatic carbocycles. The Bertz CT molecular complexity index is 548.